The highest BCUT2D eigenvalue weighted by atomic mass is 32.2. The van der Waals surface area contributed by atoms with Crippen molar-refractivity contribution >= 4 is 11.8 Å². The van der Waals surface area contributed by atoms with Gasteiger partial charge in [0.05, 0.1) is 5.69 Å². The fraction of sp³-hybridized carbons (Fsp3) is 0.500. The van der Waals surface area contributed by atoms with E-state index in [-0.39, 0.29) is 0 Å². The van der Waals surface area contributed by atoms with E-state index in [0.717, 1.165) is 23.1 Å². The van der Waals surface area contributed by atoms with Gasteiger partial charge in [-0.2, -0.15) is 16.9 Å². The minimum absolute atomic E-state index is 0.646. The van der Waals surface area contributed by atoms with Gasteiger partial charge in [-0.1, -0.05) is 0 Å². The third-order valence-electron chi connectivity index (χ3n) is 4.16. The van der Waals surface area contributed by atoms with Crippen LogP contribution in [0.25, 0.3) is 11.3 Å². The Labute approximate surface area is 130 Å². The highest BCUT2D eigenvalue weighted by molar-refractivity contribution is 7.99. The van der Waals surface area contributed by atoms with Crippen molar-refractivity contribution in [2.75, 3.05) is 6.26 Å². The number of nitrogens with one attached hydrogen (secondary N) is 1. The van der Waals surface area contributed by atoms with Crippen LogP contribution in [0.4, 0.5) is 0 Å². The average Bonchev–Trinajstić information content (AvgIpc) is 3.12. The number of nitrogens with zero attached hydrogens (tertiary/aromatic N) is 3. The fourth-order valence-electron chi connectivity index (χ4n) is 3.01. The summed E-state index contributed by atoms with van der Waals surface area (Å²) in [6, 6.07) is 4.68. The van der Waals surface area contributed by atoms with Crippen molar-refractivity contribution in [3.8, 4) is 11.3 Å². The summed E-state index contributed by atoms with van der Waals surface area (Å²) in [5.41, 5.74) is 3.46. The molecule has 0 unspecified atom stereocenters. The molecule has 4 nitrogen and oxygen atoms in total. The van der Waals surface area contributed by atoms with Crippen LogP contribution in [0.3, 0.4) is 0 Å². The van der Waals surface area contributed by atoms with Crippen LogP contribution in [0.1, 0.15) is 24.8 Å². The lowest BCUT2D eigenvalue weighted by molar-refractivity contribution is 0.525. The van der Waals surface area contributed by atoms with Crippen molar-refractivity contribution in [2.24, 2.45) is 7.05 Å². The quantitative estimate of drug-likeness (QED) is 0.922. The second-order valence-electron chi connectivity index (χ2n) is 5.66. The highest BCUT2D eigenvalue weighted by Crippen LogP contribution is 2.29. The van der Waals surface area contributed by atoms with E-state index in [1.54, 1.807) is 0 Å². The van der Waals surface area contributed by atoms with E-state index in [9.17, 15) is 0 Å². The Hall–Kier alpha value is -1.33. The second-order valence-corrected chi connectivity index (χ2v) is 6.80. The van der Waals surface area contributed by atoms with Crippen LogP contribution in [-0.2, 0) is 13.6 Å². The van der Waals surface area contributed by atoms with Gasteiger partial charge in [-0.25, -0.2) is 0 Å². The molecule has 3 rings (SSSR count). The third kappa shape index (κ3) is 3.47. The molecule has 1 N–H and O–H groups in total. The summed E-state index contributed by atoms with van der Waals surface area (Å²) in [7, 11) is 1.98. The number of thioether (sulfide) groups is 1. The molecule has 1 aliphatic rings. The molecule has 2 aromatic heterocycles. The average molecular weight is 302 g/mol. The van der Waals surface area contributed by atoms with Gasteiger partial charge >= 0.3 is 0 Å². The molecule has 1 fully saturated rings. The van der Waals surface area contributed by atoms with Gasteiger partial charge in [0.1, 0.15) is 0 Å². The summed E-state index contributed by atoms with van der Waals surface area (Å²) >= 11 is 2.00. The fourth-order valence-corrected chi connectivity index (χ4v) is 3.81. The molecule has 21 heavy (non-hydrogen) atoms. The van der Waals surface area contributed by atoms with Crippen molar-refractivity contribution in [3.05, 3.63) is 36.3 Å². The maximum atomic E-state index is 4.60. The molecule has 0 saturated heterocycles. The first kappa shape index (κ1) is 14.6. The molecule has 0 amide bonds. The predicted molar refractivity (Wildman–Crippen MR) is 88.2 cm³/mol. The lowest BCUT2D eigenvalue weighted by Gasteiger charge is -2.12. The molecule has 2 aromatic rings. The number of hydrogen-bond acceptors (Lipinski definition) is 4. The zero-order valence-electron chi connectivity index (χ0n) is 12.6. The molecule has 2 atom stereocenters. The van der Waals surface area contributed by atoms with Gasteiger partial charge in [0, 0.05) is 54.6 Å². The van der Waals surface area contributed by atoms with Gasteiger partial charge in [-0.15, -0.1) is 0 Å². The number of aryl methyl sites for hydroxylation is 1. The molecule has 2 heterocycles. The monoisotopic (exact) mass is 302 g/mol. The standard InChI is InChI=1S/C16H22N4S/c1-20-11-13(10-18-14-3-4-15(9-14)21-2)16(19-20)12-5-7-17-8-6-12/h5-8,11,14-15,18H,3-4,9-10H2,1-2H3/t14-,15-/m1/s1. The van der Waals surface area contributed by atoms with Crippen LogP contribution in [0.2, 0.25) is 0 Å². The first-order valence-electron chi connectivity index (χ1n) is 7.45. The van der Waals surface area contributed by atoms with E-state index in [2.05, 4.69) is 27.9 Å². The highest BCUT2D eigenvalue weighted by Gasteiger charge is 2.23. The van der Waals surface area contributed by atoms with Crippen molar-refractivity contribution < 1.29 is 0 Å². The molecular formula is C16H22N4S. The largest absolute Gasteiger partial charge is 0.310 e. The number of aromatic nitrogens is 3. The molecule has 0 spiro atoms. The van der Waals surface area contributed by atoms with Crippen LogP contribution < -0.4 is 5.32 Å². The molecule has 0 aliphatic heterocycles. The van der Waals surface area contributed by atoms with Crippen LogP contribution in [-0.4, -0.2) is 32.3 Å². The Morgan fingerprint density at radius 1 is 1.33 bits per heavy atom. The topological polar surface area (TPSA) is 42.7 Å². The minimum atomic E-state index is 0.646. The van der Waals surface area contributed by atoms with Gasteiger partial charge in [0.15, 0.2) is 0 Å². The van der Waals surface area contributed by atoms with E-state index in [1.807, 2.05) is 48.0 Å². The lowest BCUT2D eigenvalue weighted by Crippen LogP contribution is -2.26. The predicted octanol–water partition coefficient (Wildman–Crippen LogP) is 2.86. The summed E-state index contributed by atoms with van der Waals surface area (Å²) < 4.78 is 1.89. The van der Waals surface area contributed by atoms with E-state index < -0.39 is 0 Å². The van der Waals surface area contributed by atoms with Gasteiger partial charge in [-0.3, -0.25) is 9.67 Å². The van der Waals surface area contributed by atoms with E-state index >= 15 is 0 Å². The summed E-state index contributed by atoms with van der Waals surface area (Å²) in [4.78, 5) is 4.08. The molecule has 0 aromatic carbocycles. The summed E-state index contributed by atoms with van der Waals surface area (Å²) in [6.07, 6.45) is 11.9. The molecule has 1 aliphatic carbocycles. The molecule has 0 radical (unpaired) electrons. The first-order chi connectivity index (χ1) is 10.3. The van der Waals surface area contributed by atoms with Gasteiger partial charge in [0.2, 0.25) is 0 Å². The lowest BCUT2D eigenvalue weighted by atomic mass is 10.1. The van der Waals surface area contributed by atoms with Crippen LogP contribution >= 0.6 is 11.8 Å². The normalized spacial score (nSPS) is 21.8. The Kier molecular flexibility index (Phi) is 4.60. The van der Waals surface area contributed by atoms with Crippen molar-refractivity contribution in [2.45, 2.75) is 37.1 Å². The van der Waals surface area contributed by atoms with Crippen LogP contribution in [0.5, 0.6) is 0 Å². The summed E-state index contributed by atoms with van der Waals surface area (Å²) in [5, 5.41) is 9.14. The Balaban J connectivity index is 1.69. The summed E-state index contributed by atoms with van der Waals surface area (Å²) in [5.74, 6) is 0. The maximum Gasteiger partial charge on any atom is 0.0969 e. The van der Waals surface area contributed by atoms with Gasteiger partial charge in [0.25, 0.3) is 0 Å². The molecule has 5 heteroatoms. The number of pyridine rings is 1. The van der Waals surface area contributed by atoms with Crippen LogP contribution in [0, 0.1) is 0 Å². The minimum Gasteiger partial charge on any atom is -0.310 e. The Morgan fingerprint density at radius 2 is 2.14 bits per heavy atom. The zero-order chi connectivity index (χ0) is 14.7. The molecule has 1 saturated carbocycles. The summed E-state index contributed by atoms with van der Waals surface area (Å²) in [6.45, 7) is 0.886. The maximum absolute atomic E-state index is 4.60. The zero-order valence-corrected chi connectivity index (χ0v) is 13.4. The van der Waals surface area contributed by atoms with Crippen molar-refractivity contribution in [3.63, 3.8) is 0 Å². The second kappa shape index (κ2) is 6.62. The number of rotatable bonds is 5. The third-order valence-corrected chi connectivity index (χ3v) is 5.25. The van der Waals surface area contributed by atoms with Crippen molar-refractivity contribution in [1.82, 2.24) is 20.1 Å². The number of hydrogen-bond donors (Lipinski definition) is 1. The molecular weight excluding hydrogens is 280 g/mol. The van der Waals surface area contributed by atoms with Crippen molar-refractivity contribution in [1.29, 1.82) is 0 Å². The van der Waals surface area contributed by atoms with E-state index in [0.29, 0.717) is 6.04 Å². The van der Waals surface area contributed by atoms with E-state index in [1.165, 1.54) is 24.8 Å². The van der Waals surface area contributed by atoms with Gasteiger partial charge < -0.3 is 5.32 Å². The first-order valence-corrected chi connectivity index (χ1v) is 8.74. The molecule has 112 valence electrons. The molecule has 0 bridgehead atoms. The van der Waals surface area contributed by atoms with Gasteiger partial charge in [-0.05, 0) is 37.7 Å². The van der Waals surface area contributed by atoms with E-state index in [4.69, 9.17) is 0 Å². The Bertz CT molecular complexity index is 581. The SMILES string of the molecule is CS[C@@H]1CC[C@@H](NCc2cn(C)nc2-c2ccncc2)C1. The van der Waals surface area contributed by atoms with Crippen LogP contribution in [0.15, 0.2) is 30.7 Å². The smallest absolute Gasteiger partial charge is 0.0969 e. The Morgan fingerprint density at radius 3 is 2.86 bits per heavy atom.